The molecule has 2 aromatic rings. The predicted molar refractivity (Wildman–Crippen MR) is 89.0 cm³/mol. The topological polar surface area (TPSA) is 124 Å². The number of halogens is 1. The molecule has 10 heteroatoms. The van der Waals surface area contributed by atoms with Gasteiger partial charge in [-0.1, -0.05) is 11.6 Å². The maximum atomic E-state index is 12.2. The highest BCUT2D eigenvalue weighted by Gasteiger charge is 2.22. The molecule has 0 aliphatic carbocycles. The molecule has 1 aromatic heterocycles. The van der Waals surface area contributed by atoms with Crippen LogP contribution < -0.4 is 10.1 Å². The Balaban J connectivity index is 2.09. The molecule has 0 aliphatic rings. The summed E-state index contributed by atoms with van der Waals surface area (Å²) in [5.41, 5.74) is -0.0353. The van der Waals surface area contributed by atoms with Crippen LogP contribution in [0.4, 0.5) is 11.4 Å². The van der Waals surface area contributed by atoms with Crippen molar-refractivity contribution in [3.63, 3.8) is 0 Å². The van der Waals surface area contributed by atoms with E-state index in [1.807, 2.05) is 0 Å². The lowest BCUT2D eigenvalue weighted by Crippen LogP contribution is -2.30. The lowest BCUT2D eigenvalue weighted by Gasteiger charge is -2.14. The molecule has 25 heavy (non-hydrogen) atoms. The Morgan fingerprint density at radius 1 is 1.36 bits per heavy atom. The van der Waals surface area contributed by atoms with Crippen molar-refractivity contribution in [3.8, 4) is 5.75 Å². The molecule has 0 spiro atoms. The summed E-state index contributed by atoms with van der Waals surface area (Å²) in [5.74, 6) is -1.21. The van der Waals surface area contributed by atoms with Crippen LogP contribution in [0.3, 0.4) is 0 Å². The molecular weight excluding hydrogens is 354 g/mol. The van der Waals surface area contributed by atoms with Crippen molar-refractivity contribution in [2.45, 2.75) is 13.0 Å². The number of carbonyl (C=O) groups is 2. The third kappa shape index (κ3) is 4.48. The zero-order valence-electron chi connectivity index (χ0n) is 13.2. The van der Waals surface area contributed by atoms with E-state index in [1.165, 1.54) is 38.4 Å². The first kappa shape index (κ1) is 18.3. The summed E-state index contributed by atoms with van der Waals surface area (Å²) in [6.45, 7) is 1.36. The minimum atomic E-state index is -1.15. The average Bonchev–Trinajstić information content (AvgIpc) is 3.01. The number of amides is 1. The Labute approximate surface area is 147 Å². The first-order chi connectivity index (χ1) is 11.8. The zero-order chi connectivity index (χ0) is 18.6. The lowest BCUT2D eigenvalue weighted by atomic mass is 10.2. The second-order valence-corrected chi connectivity index (χ2v) is 5.35. The quantitative estimate of drug-likeness (QED) is 0.459. The first-order valence-corrected chi connectivity index (χ1v) is 7.37. The molecule has 1 amide bonds. The van der Waals surface area contributed by atoms with Crippen LogP contribution >= 0.6 is 11.6 Å². The Bertz CT molecular complexity index is 819. The molecule has 0 saturated carbocycles. The van der Waals surface area contributed by atoms with Gasteiger partial charge in [-0.05, 0) is 19.1 Å². The van der Waals surface area contributed by atoms with Crippen LogP contribution in [0.25, 0.3) is 0 Å². The van der Waals surface area contributed by atoms with E-state index in [0.717, 1.165) is 6.07 Å². The number of methoxy groups -OCH3 is 1. The van der Waals surface area contributed by atoms with Crippen molar-refractivity contribution in [1.82, 2.24) is 4.98 Å². The summed E-state index contributed by atoms with van der Waals surface area (Å²) in [6, 6.07) is 5.10. The Hall–Kier alpha value is -3.07. The molecule has 9 nitrogen and oxygen atoms in total. The Morgan fingerprint density at radius 2 is 2.08 bits per heavy atom. The van der Waals surface area contributed by atoms with E-state index in [0.29, 0.717) is 5.02 Å². The van der Waals surface area contributed by atoms with E-state index in [4.69, 9.17) is 21.1 Å². The fourth-order valence-corrected chi connectivity index (χ4v) is 2.07. The van der Waals surface area contributed by atoms with Crippen molar-refractivity contribution >= 4 is 34.9 Å². The van der Waals surface area contributed by atoms with E-state index in [1.54, 1.807) is 0 Å². The van der Waals surface area contributed by atoms with Gasteiger partial charge in [0.05, 0.1) is 22.7 Å². The van der Waals surface area contributed by atoms with Crippen LogP contribution in [0.2, 0.25) is 5.02 Å². The van der Waals surface area contributed by atoms with E-state index in [9.17, 15) is 19.7 Å². The van der Waals surface area contributed by atoms with E-state index in [2.05, 4.69) is 10.3 Å². The van der Waals surface area contributed by atoms with Gasteiger partial charge in [0, 0.05) is 18.3 Å². The number of nitrogens with one attached hydrogen (secondary N) is 2. The van der Waals surface area contributed by atoms with Gasteiger partial charge >= 0.3 is 5.97 Å². The number of hydrogen-bond acceptors (Lipinski definition) is 6. The fourth-order valence-electron chi connectivity index (χ4n) is 1.90. The largest absolute Gasteiger partial charge is 0.495 e. The van der Waals surface area contributed by atoms with Crippen LogP contribution in [0.15, 0.2) is 30.5 Å². The maximum Gasteiger partial charge on any atom is 0.355 e. The minimum Gasteiger partial charge on any atom is -0.495 e. The van der Waals surface area contributed by atoms with Crippen molar-refractivity contribution in [2.24, 2.45) is 0 Å². The average molecular weight is 368 g/mol. The number of aromatic amines is 1. The molecule has 0 radical (unpaired) electrons. The van der Waals surface area contributed by atoms with Gasteiger partial charge in [0.15, 0.2) is 6.10 Å². The minimum absolute atomic E-state index is 0.0903. The van der Waals surface area contributed by atoms with Gasteiger partial charge in [0.25, 0.3) is 11.6 Å². The van der Waals surface area contributed by atoms with Crippen molar-refractivity contribution in [1.29, 1.82) is 0 Å². The third-order valence-electron chi connectivity index (χ3n) is 3.17. The molecule has 1 unspecified atom stereocenters. The Morgan fingerprint density at radius 3 is 2.64 bits per heavy atom. The Kier molecular flexibility index (Phi) is 5.60. The van der Waals surface area contributed by atoms with Gasteiger partial charge in [0.1, 0.15) is 11.4 Å². The number of benzene rings is 1. The van der Waals surface area contributed by atoms with Gasteiger partial charge < -0.3 is 19.8 Å². The van der Waals surface area contributed by atoms with Gasteiger partial charge in [-0.25, -0.2) is 4.79 Å². The lowest BCUT2D eigenvalue weighted by molar-refractivity contribution is -0.384. The number of rotatable bonds is 6. The summed E-state index contributed by atoms with van der Waals surface area (Å²) in [6.07, 6.45) is 0.246. The molecule has 0 saturated heterocycles. The molecule has 0 bridgehead atoms. The number of H-pyrrole nitrogens is 1. The van der Waals surface area contributed by atoms with Crippen LogP contribution in [-0.4, -0.2) is 35.0 Å². The van der Waals surface area contributed by atoms with Crippen LogP contribution in [0.1, 0.15) is 17.4 Å². The maximum absolute atomic E-state index is 12.2. The SMILES string of the molecule is COc1ccc([N+](=O)[O-])cc1NC(=O)C(C)OC(=O)c1cc(Cl)c[nH]1. The number of non-ortho nitro benzene ring substituents is 1. The van der Waals surface area contributed by atoms with Crippen LogP contribution in [0, 0.1) is 10.1 Å². The summed E-state index contributed by atoms with van der Waals surface area (Å²) >= 11 is 5.70. The summed E-state index contributed by atoms with van der Waals surface area (Å²) in [7, 11) is 1.36. The predicted octanol–water partition coefficient (Wildman–Crippen LogP) is 2.77. The second-order valence-electron chi connectivity index (χ2n) is 4.91. The normalized spacial score (nSPS) is 11.5. The highest BCUT2D eigenvalue weighted by Crippen LogP contribution is 2.29. The molecule has 0 fully saturated rings. The number of carbonyl (C=O) groups excluding carboxylic acids is 2. The highest BCUT2D eigenvalue weighted by atomic mass is 35.5. The molecule has 0 aliphatic heterocycles. The van der Waals surface area contributed by atoms with E-state index < -0.39 is 22.9 Å². The van der Waals surface area contributed by atoms with E-state index >= 15 is 0 Å². The number of ether oxygens (including phenoxy) is 2. The summed E-state index contributed by atoms with van der Waals surface area (Å²) in [4.78, 5) is 36.9. The van der Waals surface area contributed by atoms with Crippen molar-refractivity contribution in [3.05, 3.63) is 51.3 Å². The fraction of sp³-hybridized carbons (Fsp3) is 0.200. The highest BCUT2D eigenvalue weighted by molar-refractivity contribution is 6.30. The van der Waals surface area contributed by atoms with E-state index in [-0.39, 0.29) is 22.8 Å². The van der Waals surface area contributed by atoms with Gasteiger partial charge in [-0.15, -0.1) is 0 Å². The number of esters is 1. The van der Waals surface area contributed by atoms with Gasteiger partial charge in [-0.3, -0.25) is 14.9 Å². The summed E-state index contributed by atoms with van der Waals surface area (Å²) < 4.78 is 10.1. The number of aromatic nitrogens is 1. The van der Waals surface area contributed by atoms with Gasteiger partial charge in [-0.2, -0.15) is 0 Å². The first-order valence-electron chi connectivity index (χ1n) is 7.00. The monoisotopic (exact) mass is 367 g/mol. The van der Waals surface area contributed by atoms with Gasteiger partial charge in [0.2, 0.25) is 0 Å². The molecule has 1 aromatic carbocycles. The molecule has 1 heterocycles. The third-order valence-corrected chi connectivity index (χ3v) is 3.39. The number of hydrogen-bond donors (Lipinski definition) is 2. The smallest absolute Gasteiger partial charge is 0.355 e. The number of nitro benzene ring substituents is 1. The molecule has 132 valence electrons. The molecular formula is C15H14ClN3O6. The second kappa shape index (κ2) is 7.67. The standard InChI is InChI=1S/C15H14ClN3O6/c1-8(25-15(21)12-5-9(16)7-17-12)14(20)18-11-6-10(19(22)23)3-4-13(11)24-2/h3-8,17H,1-2H3,(H,18,20). The zero-order valence-corrected chi connectivity index (χ0v) is 14.0. The molecule has 2 N–H and O–H groups in total. The molecule has 2 rings (SSSR count). The number of anilines is 1. The summed E-state index contributed by atoms with van der Waals surface area (Å²) in [5, 5.41) is 13.6. The number of nitrogens with zero attached hydrogens (tertiary/aromatic N) is 1. The van der Waals surface area contributed by atoms with Crippen LogP contribution in [-0.2, 0) is 9.53 Å². The van der Waals surface area contributed by atoms with Crippen LogP contribution in [0.5, 0.6) is 5.75 Å². The molecule has 1 atom stereocenters. The van der Waals surface area contributed by atoms with Crippen molar-refractivity contribution < 1.29 is 24.0 Å². The van der Waals surface area contributed by atoms with Crippen molar-refractivity contribution in [2.75, 3.05) is 12.4 Å². The number of nitro groups is 1.